The zero-order chi connectivity index (χ0) is 13.2. The van der Waals surface area contributed by atoms with Crippen molar-refractivity contribution >= 4 is 35.0 Å². The molecule has 0 atom stereocenters. The number of aromatic nitrogens is 2. The molecule has 0 bridgehead atoms. The Morgan fingerprint density at radius 2 is 2.17 bits per heavy atom. The van der Waals surface area contributed by atoms with Crippen LogP contribution in [0.5, 0.6) is 0 Å². The molecule has 0 fully saturated rings. The molecule has 2 aromatic heterocycles. The van der Waals surface area contributed by atoms with Crippen LogP contribution >= 0.6 is 15.9 Å². The number of nitrogens with zero attached hydrogens (tertiary/aromatic N) is 1. The van der Waals surface area contributed by atoms with E-state index in [9.17, 15) is 0 Å². The lowest BCUT2D eigenvalue weighted by molar-refractivity contribution is 0.131. The van der Waals surface area contributed by atoms with E-state index in [1.54, 1.807) is 6.20 Å². The van der Waals surface area contributed by atoms with E-state index in [0.717, 1.165) is 27.8 Å². The minimum Gasteiger partial charge on any atom is -0.376 e. The first kappa shape index (κ1) is 13.8. The first-order valence-electron chi connectivity index (χ1n) is 6.15. The molecule has 0 aromatic carbocycles. The molecular formula is C13H19BrN2OSi. The Morgan fingerprint density at radius 3 is 2.83 bits per heavy atom. The Kier molecular flexibility index (Phi) is 4.24. The van der Waals surface area contributed by atoms with Gasteiger partial charge < -0.3 is 9.72 Å². The summed E-state index contributed by atoms with van der Waals surface area (Å²) in [6.07, 6.45) is 1.79. The van der Waals surface area contributed by atoms with Crippen molar-refractivity contribution in [3.8, 4) is 0 Å². The van der Waals surface area contributed by atoms with Crippen molar-refractivity contribution in [1.82, 2.24) is 9.97 Å². The summed E-state index contributed by atoms with van der Waals surface area (Å²) in [5.74, 6) is 0. The molecule has 0 saturated heterocycles. The molecule has 1 N–H and O–H groups in total. The van der Waals surface area contributed by atoms with Crippen LogP contribution in [-0.4, -0.2) is 24.6 Å². The van der Waals surface area contributed by atoms with E-state index in [1.807, 2.05) is 6.07 Å². The normalized spacial score (nSPS) is 12.2. The summed E-state index contributed by atoms with van der Waals surface area (Å²) < 4.78 is 6.79. The standard InChI is InChI=1S/C13H19BrN2OSi/c1-18(2,3)7-6-17-9-10-8-11-12(14)4-5-15-13(11)16-10/h4-5,8H,6-7,9H2,1-3H3,(H,15,16). The summed E-state index contributed by atoms with van der Waals surface area (Å²) >= 11 is 3.52. The molecule has 3 nitrogen and oxygen atoms in total. The van der Waals surface area contributed by atoms with E-state index in [0.29, 0.717) is 6.61 Å². The van der Waals surface area contributed by atoms with Gasteiger partial charge in [0, 0.05) is 36.4 Å². The summed E-state index contributed by atoms with van der Waals surface area (Å²) in [6.45, 7) is 8.56. The fraction of sp³-hybridized carbons (Fsp3) is 0.462. The van der Waals surface area contributed by atoms with Crippen molar-refractivity contribution in [3.05, 3.63) is 28.5 Å². The average molecular weight is 327 g/mol. The minimum absolute atomic E-state index is 0.632. The van der Waals surface area contributed by atoms with Gasteiger partial charge in [0.25, 0.3) is 0 Å². The van der Waals surface area contributed by atoms with Crippen LogP contribution in [0.3, 0.4) is 0 Å². The first-order valence-corrected chi connectivity index (χ1v) is 10.7. The van der Waals surface area contributed by atoms with Gasteiger partial charge in [-0.2, -0.15) is 0 Å². The van der Waals surface area contributed by atoms with Crippen LogP contribution in [-0.2, 0) is 11.3 Å². The van der Waals surface area contributed by atoms with Crippen LogP contribution in [0.15, 0.2) is 22.8 Å². The lowest BCUT2D eigenvalue weighted by Crippen LogP contribution is -2.21. The van der Waals surface area contributed by atoms with Gasteiger partial charge in [-0.05, 0) is 34.1 Å². The maximum absolute atomic E-state index is 5.73. The number of aromatic amines is 1. The largest absolute Gasteiger partial charge is 0.376 e. The third-order valence-electron chi connectivity index (χ3n) is 2.79. The maximum atomic E-state index is 5.73. The summed E-state index contributed by atoms with van der Waals surface area (Å²) in [4.78, 5) is 7.58. The number of hydrogen-bond acceptors (Lipinski definition) is 2. The van der Waals surface area contributed by atoms with E-state index in [-0.39, 0.29) is 0 Å². The fourth-order valence-electron chi connectivity index (χ4n) is 1.69. The number of rotatable bonds is 5. The van der Waals surface area contributed by atoms with Crippen LogP contribution in [0.4, 0.5) is 0 Å². The van der Waals surface area contributed by atoms with Gasteiger partial charge in [-0.3, -0.25) is 0 Å². The number of H-pyrrole nitrogens is 1. The maximum Gasteiger partial charge on any atom is 0.138 e. The molecule has 0 aliphatic heterocycles. The van der Waals surface area contributed by atoms with Gasteiger partial charge in [-0.15, -0.1) is 0 Å². The number of nitrogens with one attached hydrogen (secondary N) is 1. The van der Waals surface area contributed by atoms with Crippen LogP contribution in [0, 0.1) is 0 Å². The molecular weight excluding hydrogens is 308 g/mol. The first-order chi connectivity index (χ1) is 8.46. The van der Waals surface area contributed by atoms with Gasteiger partial charge in [-0.1, -0.05) is 19.6 Å². The zero-order valence-corrected chi connectivity index (χ0v) is 13.7. The smallest absolute Gasteiger partial charge is 0.138 e. The second-order valence-corrected chi connectivity index (χ2v) is 12.2. The molecule has 2 aromatic rings. The Bertz CT molecular complexity index is 533. The molecule has 98 valence electrons. The van der Waals surface area contributed by atoms with Crippen LogP contribution in [0.1, 0.15) is 5.69 Å². The van der Waals surface area contributed by atoms with Crippen molar-refractivity contribution < 1.29 is 4.74 Å². The monoisotopic (exact) mass is 326 g/mol. The summed E-state index contributed by atoms with van der Waals surface area (Å²) in [6, 6.07) is 5.25. The van der Waals surface area contributed by atoms with E-state index in [1.165, 1.54) is 6.04 Å². The van der Waals surface area contributed by atoms with Crippen LogP contribution < -0.4 is 0 Å². The Hall–Kier alpha value is -0.653. The van der Waals surface area contributed by atoms with Crippen molar-refractivity contribution in [3.63, 3.8) is 0 Å². The molecule has 2 rings (SSSR count). The molecule has 18 heavy (non-hydrogen) atoms. The topological polar surface area (TPSA) is 37.9 Å². The number of pyridine rings is 1. The minimum atomic E-state index is -0.991. The molecule has 0 radical (unpaired) electrons. The van der Waals surface area contributed by atoms with E-state index >= 15 is 0 Å². The summed E-state index contributed by atoms with van der Waals surface area (Å²) in [5.41, 5.74) is 1.99. The van der Waals surface area contributed by atoms with Crippen molar-refractivity contribution in [2.45, 2.75) is 32.3 Å². The highest BCUT2D eigenvalue weighted by Crippen LogP contribution is 2.23. The van der Waals surface area contributed by atoms with Gasteiger partial charge >= 0.3 is 0 Å². The van der Waals surface area contributed by atoms with E-state index < -0.39 is 8.07 Å². The number of halogens is 1. The zero-order valence-electron chi connectivity index (χ0n) is 11.1. The van der Waals surface area contributed by atoms with Crippen LogP contribution in [0.25, 0.3) is 11.0 Å². The lowest BCUT2D eigenvalue weighted by Gasteiger charge is -2.14. The third kappa shape index (κ3) is 3.67. The number of ether oxygens (including phenoxy) is 1. The molecule has 0 spiro atoms. The Labute approximate surface area is 117 Å². The molecule has 0 amide bonds. The summed E-state index contributed by atoms with van der Waals surface area (Å²) in [7, 11) is -0.991. The highest BCUT2D eigenvalue weighted by molar-refractivity contribution is 9.10. The van der Waals surface area contributed by atoms with Gasteiger partial charge in [0.2, 0.25) is 0 Å². The average Bonchev–Trinajstić information content (AvgIpc) is 2.68. The molecule has 0 unspecified atom stereocenters. The van der Waals surface area contributed by atoms with Crippen LogP contribution in [0.2, 0.25) is 25.7 Å². The quantitative estimate of drug-likeness (QED) is 0.661. The fourth-order valence-corrected chi connectivity index (χ4v) is 2.86. The summed E-state index contributed by atoms with van der Waals surface area (Å²) in [5, 5.41) is 1.11. The second-order valence-electron chi connectivity index (χ2n) is 5.71. The third-order valence-corrected chi connectivity index (χ3v) is 5.18. The molecule has 2 heterocycles. The predicted octanol–water partition coefficient (Wildman–Crippen LogP) is 4.18. The molecule has 0 aliphatic carbocycles. The van der Waals surface area contributed by atoms with Crippen molar-refractivity contribution in [1.29, 1.82) is 0 Å². The van der Waals surface area contributed by atoms with E-state index in [2.05, 4.69) is 51.6 Å². The SMILES string of the molecule is C[Si](C)(C)CCOCc1cc2c(Br)ccnc2[nH]1. The molecule has 5 heteroatoms. The second kappa shape index (κ2) is 5.55. The Morgan fingerprint density at radius 1 is 1.39 bits per heavy atom. The lowest BCUT2D eigenvalue weighted by atomic mass is 10.3. The highest BCUT2D eigenvalue weighted by Gasteiger charge is 2.12. The van der Waals surface area contributed by atoms with Crippen molar-refractivity contribution in [2.75, 3.05) is 6.61 Å². The Balaban J connectivity index is 1.94. The van der Waals surface area contributed by atoms with Gasteiger partial charge in [0.05, 0.1) is 6.61 Å². The predicted molar refractivity (Wildman–Crippen MR) is 81.6 cm³/mol. The molecule has 0 aliphatic rings. The molecule has 0 saturated carbocycles. The highest BCUT2D eigenvalue weighted by atomic mass is 79.9. The number of fused-ring (bicyclic) bond motifs is 1. The van der Waals surface area contributed by atoms with Gasteiger partial charge in [-0.25, -0.2) is 4.98 Å². The van der Waals surface area contributed by atoms with Crippen molar-refractivity contribution in [2.24, 2.45) is 0 Å². The van der Waals surface area contributed by atoms with Gasteiger partial charge in [0.1, 0.15) is 5.65 Å². The van der Waals surface area contributed by atoms with E-state index in [4.69, 9.17) is 4.74 Å². The number of hydrogen-bond donors (Lipinski definition) is 1. The van der Waals surface area contributed by atoms with Gasteiger partial charge in [0.15, 0.2) is 0 Å².